The molecule has 0 amide bonds. The monoisotopic (exact) mass is 233 g/mol. The Kier molecular flexibility index (Phi) is 5.16. The van der Waals surface area contributed by atoms with E-state index in [1.54, 1.807) is 0 Å². The van der Waals surface area contributed by atoms with Crippen molar-refractivity contribution in [3.8, 4) is 0 Å². The van der Waals surface area contributed by atoms with Crippen LogP contribution in [0.5, 0.6) is 0 Å². The summed E-state index contributed by atoms with van der Waals surface area (Å²) in [6, 6.07) is 0. The van der Waals surface area contributed by atoms with E-state index in [4.69, 9.17) is 10.5 Å². The van der Waals surface area contributed by atoms with Gasteiger partial charge in [-0.2, -0.15) is 0 Å². The minimum atomic E-state index is -0.255. The van der Waals surface area contributed by atoms with Crippen molar-refractivity contribution in [1.29, 1.82) is 0 Å². The maximum atomic E-state index is 5.96. The molecule has 0 radical (unpaired) electrons. The van der Waals surface area contributed by atoms with E-state index < -0.39 is 0 Å². The van der Waals surface area contributed by atoms with Crippen LogP contribution in [0, 0.1) is 0 Å². The van der Waals surface area contributed by atoms with Crippen molar-refractivity contribution in [2.75, 3.05) is 6.61 Å². The molecule has 0 aromatic heterocycles. The van der Waals surface area contributed by atoms with Crippen LogP contribution in [0.3, 0.4) is 0 Å². The van der Waals surface area contributed by atoms with Crippen LogP contribution in [0.15, 0.2) is 0 Å². The molecule has 2 nitrogen and oxygen atoms in total. The van der Waals surface area contributed by atoms with E-state index in [0.29, 0.717) is 6.61 Å². The normalized spacial score (nSPS) is 17.6. The van der Waals surface area contributed by atoms with Crippen LogP contribution in [-0.2, 0) is 4.74 Å². The second-order valence-electron chi connectivity index (χ2n) is 5.98. The highest BCUT2D eigenvalue weighted by molar-refractivity contribution is 8.01. The lowest BCUT2D eigenvalue weighted by atomic mass is 10.1. The van der Waals surface area contributed by atoms with Gasteiger partial charge in [-0.25, -0.2) is 0 Å². The number of hydrogen-bond donors (Lipinski definition) is 1. The maximum Gasteiger partial charge on any atom is 0.111 e. The Morgan fingerprint density at radius 1 is 1.07 bits per heavy atom. The van der Waals surface area contributed by atoms with E-state index >= 15 is 0 Å². The minimum Gasteiger partial charge on any atom is -0.363 e. The fourth-order valence-electron chi connectivity index (χ4n) is 1.19. The molecule has 0 saturated carbocycles. The Morgan fingerprint density at radius 3 is 1.80 bits per heavy atom. The first kappa shape index (κ1) is 15.3. The van der Waals surface area contributed by atoms with Gasteiger partial charge in [0.2, 0.25) is 0 Å². The molecular weight excluding hydrogens is 206 g/mol. The summed E-state index contributed by atoms with van der Waals surface area (Å²) < 4.78 is 6.17. The Bertz CT molecular complexity index is 193. The highest BCUT2D eigenvalue weighted by atomic mass is 32.2. The van der Waals surface area contributed by atoms with E-state index in [1.807, 2.05) is 25.6 Å². The Balaban J connectivity index is 4.32. The van der Waals surface area contributed by atoms with Gasteiger partial charge in [0.15, 0.2) is 0 Å². The molecule has 0 aliphatic heterocycles. The van der Waals surface area contributed by atoms with E-state index in [9.17, 15) is 0 Å². The van der Waals surface area contributed by atoms with Gasteiger partial charge in [-0.3, -0.25) is 0 Å². The highest BCUT2D eigenvalue weighted by Gasteiger charge is 2.31. The van der Waals surface area contributed by atoms with Crippen LogP contribution < -0.4 is 5.73 Å². The van der Waals surface area contributed by atoms with Crippen molar-refractivity contribution in [3.05, 3.63) is 0 Å². The van der Waals surface area contributed by atoms with Crippen LogP contribution >= 0.6 is 11.8 Å². The molecule has 15 heavy (non-hydrogen) atoms. The third kappa shape index (κ3) is 8.12. The van der Waals surface area contributed by atoms with Crippen molar-refractivity contribution in [2.24, 2.45) is 5.73 Å². The fourth-order valence-corrected chi connectivity index (χ4v) is 2.75. The van der Waals surface area contributed by atoms with Gasteiger partial charge < -0.3 is 10.5 Å². The zero-order chi connectivity index (χ0) is 12.3. The molecule has 0 bridgehead atoms. The van der Waals surface area contributed by atoms with E-state index in [0.717, 1.165) is 6.42 Å². The maximum absolute atomic E-state index is 5.96. The number of thioether (sulfide) groups is 1. The molecule has 0 saturated heterocycles. The first-order chi connectivity index (χ1) is 6.47. The number of rotatable bonds is 5. The van der Waals surface area contributed by atoms with Crippen LogP contribution in [0.2, 0.25) is 0 Å². The summed E-state index contributed by atoms with van der Waals surface area (Å²) in [5.41, 5.74) is 5.67. The van der Waals surface area contributed by atoms with Gasteiger partial charge in [0.25, 0.3) is 0 Å². The third-order valence-electron chi connectivity index (χ3n) is 1.91. The number of ether oxygens (including phenoxy) is 1. The average Bonchev–Trinajstić information content (AvgIpc) is 1.97. The zero-order valence-corrected chi connectivity index (χ0v) is 12.1. The molecule has 0 fully saturated rings. The Labute approximate surface area is 99.3 Å². The standard InChI is InChI=1S/C12H27NOS/c1-8-12(7,15-10(2,3)4)14-9-11(5,6)13/h8-9,13H2,1-7H3. The predicted molar refractivity (Wildman–Crippen MR) is 70.3 cm³/mol. The van der Waals surface area contributed by atoms with Crippen LogP contribution in [0.25, 0.3) is 0 Å². The molecule has 92 valence electrons. The van der Waals surface area contributed by atoms with Crippen molar-refractivity contribution in [1.82, 2.24) is 0 Å². The van der Waals surface area contributed by atoms with E-state index in [1.165, 1.54) is 0 Å². The molecule has 0 aliphatic rings. The first-order valence-corrected chi connectivity index (χ1v) is 6.42. The summed E-state index contributed by atoms with van der Waals surface area (Å²) in [5.74, 6) is 0. The first-order valence-electron chi connectivity index (χ1n) is 5.60. The molecule has 0 aliphatic carbocycles. The van der Waals surface area contributed by atoms with Gasteiger partial charge in [0.1, 0.15) is 4.93 Å². The molecular formula is C12H27NOS. The summed E-state index contributed by atoms with van der Waals surface area (Å²) in [6.45, 7) is 15.5. The predicted octanol–water partition coefficient (Wildman–Crippen LogP) is 3.40. The van der Waals surface area contributed by atoms with Gasteiger partial charge in [-0.15, -0.1) is 11.8 Å². The lowest BCUT2D eigenvalue weighted by Gasteiger charge is -2.36. The molecule has 0 heterocycles. The zero-order valence-electron chi connectivity index (χ0n) is 11.3. The van der Waals surface area contributed by atoms with Crippen molar-refractivity contribution in [2.45, 2.75) is 70.1 Å². The van der Waals surface area contributed by atoms with Gasteiger partial charge in [0.05, 0.1) is 6.61 Å². The second-order valence-corrected chi connectivity index (χ2v) is 8.27. The number of nitrogens with two attached hydrogens (primary N) is 1. The van der Waals surface area contributed by atoms with Gasteiger partial charge in [0, 0.05) is 10.3 Å². The third-order valence-corrected chi connectivity index (χ3v) is 3.36. The van der Waals surface area contributed by atoms with Crippen LogP contribution in [0.1, 0.15) is 54.9 Å². The van der Waals surface area contributed by atoms with E-state index in [2.05, 4.69) is 34.6 Å². The number of hydrogen-bond acceptors (Lipinski definition) is 3. The lowest BCUT2D eigenvalue weighted by molar-refractivity contribution is 0.0117. The molecule has 0 spiro atoms. The smallest absolute Gasteiger partial charge is 0.111 e. The Morgan fingerprint density at radius 2 is 1.53 bits per heavy atom. The lowest BCUT2D eigenvalue weighted by Crippen LogP contribution is -2.42. The molecule has 3 heteroatoms. The second kappa shape index (κ2) is 5.07. The molecule has 0 aromatic carbocycles. The van der Waals surface area contributed by atoms with Crippen LogP contribution in [-0.4, -0.2) is 21.8 Å². The van der Waals surface area contributed by atoms with Crippen molar-refractivity contribution >= 4 is 11.8 Å². The topological polar surface area (TPSA) is 35.2 Å². The quantitative estimate of drug-likeness (QED) is 0.739. The highest BCUT2D eigenvalue weighted by Crippen LogP contribution is 2.39. The molecule has 0 rings (SSSR count). The SMILES string of the molecule is CCC(C)(OCC(C)(C)N)SC(C)(C)C. The molecule has 1 unspecified atom stereocenters. The van der Waals surface area contributed by atoms with Crippen LogP contribution in [0.4, 0.5) is 0 Å². The minimum absolute atomic E-state index is 0.130. The molecule has 2 N–H and O–H groups in total. The summed E-state index contributed by atoms with van der Waals surface area (Å²) in [5, 5.41) is 0. The summed E-state index contributed by atoms with van der Waals surface area (Å²) in [4.78, 5) is -0.130. The summed E-state index contributed by atoms with van der Waals surface area (Å²) >= 11 is 1.87. The summed E-state index contributed by atoms with van der Waals surface area (Å²) in [7, 11) is 0. The fraction of sp³-hybridized carbons (Fsp3) is 1.00. The average molecular weight is 233 g/mol. The Hall–Kier alpha value is 0.270. The van der Waals surface area contributed by atoms with Crippen molar-refractivity contribution in [3.63, 3.8) is 0 Å². The molecule has 1 atom stereocenters. The van der Waals surface area contributed by atoms with Gasteiger partial charge in [-0.1, -0.05) is 27.7 Å². The summed E-state index contributed by atoms with van der Waals surface area (Å²) in [6.07, 6.45) is 0.991. The van der Waals surface area contributed by atoms with Gasteiger partial charge >= 0.3 is 0 Å². The van der Waals surface area contributed by atoms with Crippen molar-refractivity contribution < 1.29 is 4.74 Å². The van der Waals surface area contributed by atoms with E-state index in [-0.39, 0.29) is 15.2 Å². The largest absolute Gasteiger partial charge is 0.363 e. The molecule has 0 aromatic rings. The van der Waals surface area contributed by atoms with Gasteiger partial charge in [-0.05, 0) is 27.2 Å².